The van der Waals surface area contributed by atoms with Gasteiger partial charge in [-0.05, 0) is 49.4 Å². The van der Waals surface area contributed by atoms with E-state index in [-0.39, 0.29) is 25.7 Å². The maximum atomic E-state index is 13.0. The Morgan fingerprint density at radius 3 is 0.807 bits per heavy atom. The predicted octanol–water partition coefficient (Wildman–Crippen LogP) is 19.3. The van der Waals surface area contributed by atoms with E-state index < -0.39 is 97.5 Å². The summed E-state index contributed by atoms with van der Waals surface area (Å²) >= 11 is 0. The molecule has 3 unspecified atom stereocenters. The molecule has 0 aromatic heterocycles. The molecule has 19 heteroatoms. The minimum atomic E-state index is -4.95. The highest BCUT2D eigenvalue weighted by Crippen LogP contribution is 2.45. The Balaban J connectivity index is 5.26. The van der Waals surface area contributed by atoms with Gasteiger partial charge in [0.2, 0.25) is 0 Å². The smallest absolute Gasteiger partial charge is 0.462 e. The molecule has 0 rings (SSSR count). The normalized spacial score (nSPS) is 14.6. The molecular weight excluding hydrogens is 1160 g/mol. The second-order valence-electron chi connectivity index (χ2n) is 26.6. The Bertz CT molecular complexity index is 1750. The lowest BCUT2D eigenvalue weighted by molar-refractivity contribution is -0.161. The minimum absolute atomic E-state index is 0.105. The molecule has 522 valence electrons. The highest BCUT2D eigenvalue weighted by atomic mass is 31.2. The molecule has 0 saturated carbocycles. The monoisotopic (exact) mass is 1300 g/mol. The highest BCUT2D eigenvalue weighted by Gasteiger charge is 2.30. The average molecular weight is 1300 g/mol. The van der Waals surface area contributed by atoms with Gasteiger partial charge in [0.25, 0.3) is 0 Å². The zero-order chi connectivity index (χ0) is 65.4. The number of ether oxygens (including phenoxy) is 4. The van der Waals surface area contributed by atoms with Crippen molar-refractivity contribution < 1.29 is 80.2 Å². The van der Waals surface area contributed by atoms with Gasteiger partial charge in [0.1, 0.15) is 19.3 Å². The van der Waals surface area contributed by atoms with Crippen LogP contribution in [0.25, 0.3) is 0 Å². The molecule has 6 atom stereocenters. The van der Waals surface area contributed by atoms with Crippen molar-refractivity contribution in [3.63, 3.8) is 0 Å². The SMILES string of the molecule is CCC(C)CCCCCCCCCCC(=O)OC[C@H](COP(=O)(O)OC[C@@H](O)COP(=O)(O)OC[C@@H](COC(=O)CCCCCCCCC(C)C)OC(=O)CCCCCCCCCCCCCC(C)C)OC(=O)CCCCCCCCCCCCC(C)C. The molecule has 0 fully saturated rings. The van der Waals surface area contributed by atoms with Gasteiger partial charge >= 0.3 is 39.5 Å². The molecular formula is C69H134O17P2. The molecule has 0 aliphatic rings. The second-order valence-corrected chi connectivity index (χ2v) is 29.5. The van der Waals surface area contributed by atoms with E-state index in [2.05, 4.69) is 55.4 Å². The molecule has 0 spiro atoms. The van der Waals surface area contributed by atoms with Crippen LogP contribution in [0.3, 0.4) is 0 Å². The minimum Gasteiger partial charge on any atom is -0.462 e. The van der Waals surface area contributed by atoms with E-state index in [1.807, 2.05) is 0 Å². The lowest BCUT2D eigenvalue weighted by Gasteiger charge is -2.21. The number of hydrogen-bond donors (Lipinski definition) is 3. The summed E-state index contributed by atoms with van der Waals surface area (Å²) in [6.45, 7) is 14.1. The van der Waals surface area contributed by atoms with E-state index in [1.165, 1.54) is 135 Å². The maximum absolute atomic E-state index is 13.0. The Morgan fingerprint density at radius 1 is 0.318 bits per heavy atom. The average Bonchev–Trinajstić information content (AvgIpc) is 3.68. The number of carbonyl (C=O) groups excluding carboxylic acids is 4. The van der Waals surface area contributed by atoms with Crippen LogP contribution in [0.2, 0.25) is 0 Å². The van der Waals surface area contributed by atoms with E-state index in [9.17, 15) is 43.2 Å². The Hall–Kier alpha value is -1.94. The summed E-state index contributed by atoms with van der Waals surface area (Å²) in [6.07, 6.45) is 40.4. The van der Waals surface area contributed by atoms with Crippen molar-refractivity contribution in [3.05, 3.63) is 0 Å². The van der Waals surface area contributed by atoms with Crippen LogP contribution in [0.5, 0.6) is 0 Å². The number of aliphatic hydroxyl groups is 1. The van der Waals surface area contributed by atoms with E-state index in [1.54, 1.807) is 0 Å². The van der Waals surface area contributed by atoms with Crippen LogP contribution in [-0.2, 0) is 65.4 Å². The van der Waals surface area contributed by atoms with Crippen molar-refractivity contribution in [2.75, 3.05) is 39.6 Å². The quantitative estimate of drug-likeness (QED) is 0.0222. The van der Waals surface area contributed by atoms with Crippen molar-refractivity contribution >= 4 is 39.5 Å². The molecule has 0 radical (unpaired) electrons. The number of hydrogen-bond acceptors (Lipinski definition) is 15. The zero-order valence-electron chi connectivity index (χ0n) is 57.3. The van der Waals surface area contributed by atoms with Crippen molar-refractivity contribution in [1.29, 1.82) is 0 Å². The number of esters is 4. The first-order chi connectivity index (χ1) is 42.1. The summed E-state index contributed by atoms with van der Waals surface area (Å²) in [4.78, 5) is 72.5. The van der Waals surface area contributed by atoms with Gasteiger partial charge in [-0.25, -0.2) is 9.13 Å². The maximum Gasteiger partial charge on any atom is 0.472 e. The van der Waals surface area contributed by atoms with Gasteiger partial charge in [0, 0.05) is 25.7 Å². The molecule has 0 aliphatic carbocycles. The van der Waals surface area contributed by atoms with Crippen LogP contribution in [0, 0.1) is 23.7 Å². The third-order valence-electron chi connectivity index (χ3n) is 16.2. The highest BCUT2D eigenvalue weighted by molar-refractivity contribution is 7.47. The van der Waals surface area contributed by atoms with Gasteiger partial charge in [0.15, 0.2) is 12.2 Å². The number of phosphoric ester groups is 2. The van der Waals surface area contributed by atoms with Crippen molar-refractivity contribution in [3.8, 4) is 0 Å². The van der Waals surface area contributed by atoms with Gasteiger partial charge in [-0.15, -0.1) is 0 Å². The van der Waals surface area contributed by atoms with Crippen LogP contribution >= 0.6 is 15.6 Å². The zero-order valence-corrected chi connectivity index (χ0v) is 59.1. The van der Waals surface area contributed by atoms with Gasteiger partial charge in [-0.3, -0.25) is 37.3 Å². The number of carbonyl (C=O) groups is 4. The molecule has 88 heavy (non-hydrogen) atoms. The lowest BCUT2D eigenvalue weighted by Crippen LogP contribution is -2.30. The van der Waals surface area contributed by atoms with Crippen molar-refractivity contribution in [1.82, 2.24) is 0 Å². The van der Waals surface area contributed by atoms with Crippen LogP contribution in [0.4, 0.5) is 0 Å². The van der Waals surface area contributed by atoms with E-state index in [0.717, 1.165) is 114 Å². The fourth-order valence-electron chi connectivity index (χ4n) is 10.3. The van der Waals surface area contributed by atoms with Crippen LogP contribution in [0.15, 0.2) is 0 Å². The fraction of sp³-hybridized carbons (Fsp3) is 0.942. The standard InChI is InChI=1S/C69H134O17P2/c1-9-62(8)48-40-32-23-19-20-24-33-41-49-66(71)79-55-64(85-69(74)52-44-36-26-18-14-13-16-22-30-38-46-60(4)5)57-83-87(75,76)81-53-63(70)54-82-88(77,78)84-58-65(56-80-67(72)50-42-34-28-27-31-39-47-61(6)7)86-68(73)51-43-35-25-17-12-10-11-15-21-29-37-45-59(2)3/h59-65,70H,9-58H2,1-8H3,(H,75,76)(H,77,78)/t62?,63-,64-,65-/m1/s1. The molecule has 0 amide bonds. The summed E-state index contributed by atoms with van der Waals surface area (Å²) in [6, 6.07) is 0. The molecule has 0 bridgehead atoms. The first-order valence-electron chi connectivity index (χ1n) is 35.7. The molecule has 3 N–H and O–H groups in total. The molecule has 0 saturated heterocycles. The van der Waals surface area contributed by atoms with Gasteiger partial charge in [0.05, 0.1) is 26.4 Å². The molecule has 0 heterocycles. The Morgan fingerprint density at radius 2 is 0.545 bits per heavy atom. The van der Waals surface area contributed by atoms with Crippen molar-refractivity contribution in [2.24, 2.45) is 23.7 Å². The number of rotatable bonds is 66. The van der Waals surface area contributed by atoms with Crippen LogP contribution in [0.1, 0.15) is 338 Å². The molecule has 17 nitrogen and oxygen atoms in total. The molecule has 0 aromatic rings. The second kappa shape index (κ2) is 58.8. The summed E-state index contributed by atoms with van der Waals surface area (Å²) in [7, 11) is -9.90. The van der Waals surface area contributed by atoms with Crippen LogP contribution in [-0.4, -0.2) is 96.7 Å². The largest absolute Gasteiger partial charge is 0.472 e. The Kier molecular flexibility index (Phi) is 57.6. The lowest BCUT2D eigenvalue weighted by atomic mass is 9.99. The van der Waals surface area contributed by atoms with Gasteiger partial charge in [-0.2, -0.15) is 0 Å². The third-order valence-corrected chi connectivity index (χ3v) is 18.1. The molecule has 0 aromatic carbocycles. The van der Waals surface area contributed by atoms with E-state index >= 15 is 0 Å². The summed E-state index contributed by atoms with van der Waals surface area (Å²) in [5.41, 5.74) is 0. The third kappa shape index (κ3) is 61.6. The van der Waals surface area contributed by atoms with E-state index in [0.29, 0.717) is 31.6 Å². The number of aliphatic hydroxyl groups excluding tert-OH is 1. The summed E-state index contributed by atoms with van der Waals surface area (Å²) < 4.78 is 68.2. The summed E-state index contributed by atoms with van der Waals surface area (Å²) in [5, 5.41) is 10.6. The van der Waals surface area contributed by atoms with Crippen LogP contribution < -0.4 is 0 Å². The Labute approximate surface area is 537 Å². The van der Waals surface area contributed by atoms with Gasteiger partial charge in [-0.1, -0.05) is 287 Å². The topological polar surface area (TPSA) is 237 Å². The predicted molar refractivity (Wildman–Crippen MR) is 354 cm³/mol. The number of unbranched alkanes of at least 4 members (excludes halogenated alkanes) is 31. The van der Waals surface area contributed by atoms with Crippen molar-refractivity contribution in [2.45, 2.75) is 356 Å². The molecule has 0 aliphatic heterocycles. The summed E-state index contributed by atoms with van der Waals surface area (Å²) in [5.74, 6) is 0.842. The first kappa shape index (κ1) is 86.1. The van der Waals surface area contributed by atoms with Gasteiger partial charge < -0.3 is 33.8 Å². The fourth-order valence-corrected chi connectivity index (χ4v) is 11.9. The number of phosphoric acid groups is 2. The first-order valence-corrected chi connectivity index (χ1v) is 38.7. The van der Waals surface area contributed by atoms with E-state index in [4.69, 9.17) is 37.0 Å².